The minimum absolute atomic E-state index is 0.104. The van der Waals surface area contributed by atoms with Crippen LogP contribution in [0.25, 0.3) is 22.0 Å². The first kappa shape index (κ1) is 46.5. The van der Waals surface area contributed by atoms with Gasteiger partial charge in [-0.25, -0.2) is 0 Å². The summed E-state index contributed by atoms with van der Waals surface area (Å²) in [5, 5.41) is 9.56. The number of nitrogens with zero attached hydrogens (tertiary/aromatic N) is 3. The zero-order valence-electron chi connectivity index (χ0n) is 35.2. The Hall–Kier alpha value is -4.99. The summed E-state index contributed by atoms with van der Waals surface area (Å²) in [4.78, 5) is 69.2. The molecule has 1 fully saturated rings. The van der Waals surface area contributed by atoms with Crippen LogP contribution in [0.15, 0.2) is 72.9 Å². The van der Waals surface area contributed by atoms with Crippen molar-refractivity contribution < 1.29 is 46.9 Å². The third-order valence-electron chi connectivity index (χ3n) is 10.1. The van der Waals surface area contributed by atoms with Gasteiger partial charge < -0.3 is 10.1 Å². The number of methoxy groups -OCH3 is 2. The first-order valence-corrected chi connectivity index (χ1v) is 24.5. The second-order valence-corrected chi connectivity index (χ2v) is 20.8. The van der Waals surface area contributed by atoms with Gasteiger partial charge >= 0.3 is 256 Å². The normalized spacial score (nSPS) is 13.9. The molecule has 0 saturated carbocycles. The summed E-state index contributed by atoms with van der Waals surface area (Å²) in [6.07, 6.45) is 1.71. The van der Waals surface area contributed by atoms with Gasteiger partial charge in [-0.05, 0) is 12.1 Å². The van der Waals surface area contributed by atoms with Crippen molar-refractivity contribution in [1.82, 2.24) is 20.2 Å². The Morgan fingerprint density at radius 3 is 2.42 bits per heavy atom. The molecule has 5 aromatic rings. The third-order valence-corrected chi connectivity index (χ3v) is 14.0. The number of ether oxygens (including phenoxy) is 2. The van der Waals surface area contributed by atoms with Crippen LogP contribution in [0.4, 0.5) is 17.3 Å². The fourth-order valence-electron chi connectivity index (χ4n) is 6.67. The number of nitrogens with one attached hydrogen (secondary N) is 3. The van der Waals surface area contributed by atoms with E-state index in [9.17, 15) is 23.2 Å². The summed E-state index contributed by atoms with van der Waals surface area (Å²) in [7, 11) is -2.69. The molecule has 0 spiro atoms. The van der Waals surface area contributed by atoms with E-state index in [0.717, 1.165) is 40.7 Å². The smallest absolute Gasteiger partial charge is 0.255 e. The predicted octanol–water partition coefficient (Wildman–Crippen LogP) is 4.68. The quantitative estimate of drug-likeness (QED) is 0.0671. The van der Waals surface area contributed by atoms with Gasteiger partial charge in [0.1, 0.15) is 5.75 Å². The number of phosphoric ester groups is 1. The molecule has 5 N–H and O–H groups in total. The molecule has 2 amide bonds. The summed E-state index contributed by atoms with van der Waals surface area (Å²) in [5.74, 6) is 1.30. The number of phosphoric acid groups is 1. The number of rotatable bonds is 16. The number of fused-ring (bicyclic) bond motifs is 1. The monoisotopic (exact) mass is 947 g/mol. The van der Waals surface area contributed by atoms with E-state index >= 15 is 0 Å². The molecular formula is C43H49AsN6O10PS. The predicted molar refractivity (Wildman–Crippen MR) is 241 cm³/mol. The topological polar surface area (TPSA) is 219 Å². The summed E-state index contributed by atoms with van der Waals surface area (Å²) < 4.78 is 38.9. The first-order chi connectivity index (χ1) is 29.4. The number of hydrogen-bond acceptors (Lipinski definition) is 12. The molecule has 0 atom stereocenters. The summed E-state index contributed by atoms with van der Waals surface area (Å²) in [6.45, 7) is 9.72. The van der Waals surface area contributed by atoms with E-state index in [1.807, 2.05) is 64.1 Å². The van der Waals surface area contributed by atoms with Gasteiger partial charge in [0.15, 0.2) is 0 Å². The minimum Gasteiger partial charge on any atom is -0.351 e. The number of anilines is 3. The van der Waals surface area contributed by atoms with Crippen molar-refractivity contribution in [2.75, 3.05) is 69.1 Å². The van der Waals surface area contributed by atoms with E-state index in [2.05, 4.69) is 30.4 Å². The SMILES string of the molecule is COc1cc(Nc2ncc3cc(-c4cc(C(=O)[As]c5cc(C(C)(C)C)cc(NC(=O)COP(=O)(O)O)c5OC)ccc4C)ccc3n2)ccc1C(=O)NCCN1CCS(=O)CC1. The average molecular weight is 948 g/mol. The van der Waals surface area contributed by atoms with Crippen LogP contribution in [0, 0.1) is 6.92 Å². The molecule has 0 aliphatic carbocycles. The van der Waals surface area contributed by atoms with Crippen molar-refractivity contribution in [1.29, 1.82) is 0 Å². The van der Waals surface area contributed by atoms with Crippen LogP contribution in [-0.4, -0.2) is 120 Å². The molecule has 6 rings (SSSR count). The molecule has 1 aliphatic heterocycles. The Morgan fingerprint density at radius 2 is 1.73 bits per heavy atom. The summed E-state index contributed by atoms with van der Waals surface area (Å²) in [5.41, 5.74) is 5.60. The Morgan fingerprint density at radius 1 is 0.968 bits per heavy atom. The van der Waals surface area contributed by atoms with Crippen molar-refractivity contribution in [2.45, 2.75) is 33.1 Å². The van der Waals surface area contributed by atoms with Gasteiger partial charge in [-0.15, -0.1) is 0 Å². The van der Waals surface area contributed by atoms with Gasteiger partial charge in [0, 0.05) is 54.6 Å². The Labute approximate surface area is 368 Å². The number of aryl methyl sites for hydroxylation is 1. The van der Waals surface area contributed by atoms with Crippen LogP contribution in [0.1, 0.15) is 52.6 Å². The van der Waals surface area contributed by atoms with Crippen molar-refractivity contribution in [3.05, 3.63) is 95.2 Å². The van der Waals surface area contributed by atoms with E-state index in [0.29, 0.717) is 63.0 Å². The van der Waals surface area contributed by atoms with Gasteiger partial charge in [-0.2, -0.15) is 0 Å². The average Bonchev–Trinajstić information content (AvgIpc) is 3.22. The number of benzene rings is 4. The number of hydrogen-bond donors (Lipinski definition) is 5. The molecule has 1 saturated heterocycles. The third kappa shape index (κ3) is 12.1. The second kappa shape index (κ2) is 20.0. The van der Waals surface area contributed by atoms with Gasteiger partial charge in [0.05, 0.1) is 12.7 Å². The maximum atomic E-state index is 14.0. The van der Waals surface area contributed by atoms with Gasteiger partial charge in [0.2, 0.25) is 0 Å². The summed E-state index contributed by atoms with van der Waals surface area (Å²) in [6, 6.07) is 20.1. The molecule has 16 nitrogen and oxygen atoms in total. The van der Waals surface area contributed by atoms with Crippen LogP contribution in [0.5, 0.6) is 11.5 Å². The van der Waals surface area contributed by atoms with Crippen LogP contribution in [0.3, 0.4) is 0 Å². The van der Waals surface area contributed by atoms with E-state index in [4.69, 9.17) is 24.2 Å². The number of aromatic nitrogens is 2. The standard InChI is InChI=1S/C43H49AsN6O10PS/c1-26-7-8-28(40(52)44-34-21-30(43(2,3)4)22-36(39(34)59-6)48-38(51)25-60-61(54,55)56)20-33(26)27-9-12-35-29(19-27)24-46-42(49-35)47-31-10-11-32(37(23-31)58-5)41(53)45-13-14-50-15-17-62(57)18-16-50/h7-12,19-24H,13-18,25H2,1-6H3,(H,45,53)(H,48,51)(H,46,47,49)(H2,54,55,56). The van der Waals surface area contributed by atoms with E-state index in [-0.39, 0.29) is 27.3 Å². The molecule has 1 radical (unpaired) electrons. The molecule has 0 bridgehead atoms. The molecule has 1 aliphatic rings. The first-order valence-electron chi connectivity index (χ1n) is 19.6. The number of carbonyl (C=O) groups excluding carboxylic acids is 3. The molecule has 19 heteroatoms. The molecule has 0 unspecified atom stereocenters. The van der Waals surface area contributed by atoms with Crippen LogP contribution < -0.4 is 29.8 Å². The van der Waals surface area contributed by atoms with Gasteiger partial charge in [0.25, 0.3) is 5.91 Å². The number of carbonyl (C=O) groups is 3. The second-order valence-electron chi connectivity index (χ2n) is 15.5. The fraction of sp³-hybridized carbons (Fsp3) is 0.326. The molecule has 1 aromatic heterocycles. The Balaban J connectivity index is 1.16. The summed E-state index contributed by atoms with van der Waals surface area (Å²) >= 11 is -1.18. The van der Waals surface area contributed by atoms with Gasteiger partial charge in [-0.3, -0.25) is 13.9 Å². The zero-order chi connectivity index (χ0) is 44.8. The van der Waals surface area contributed by atoms with Crippen LogP contribution in [0.2, 0.25) is 0 Å². The van der Waals surface area contributed by atoms with Crippen molar-refractivity contribution in [3.8, 4) is 22.6 Å². The number of amides is 2. The molecule has 4 aromatic carbocycles. The minimum atomic E-state index is -4.87. The van der Waals surface area contributed by atoms with Crippen LogP contribution >= 0.6 is 7.82 Å². The Bertz CT molecular complexity index is 2570. The largest absolute Gasteiger partial charge is 0.351 e. The maximum absolute atomic E-state index is 14.0. The van der Waals surface area contributed by atoms with Gasteiger partial charge in [-0.1, -0.05) is 0 Å². The molecule has 2 heterocycles. The Kier molecular flexibility index (Phi) is 15.0. The molecule has 327 valence electrons. The zero-order valence-corrected chi connectivity index (χ0v) is 38.8. The maximum Gasteiger partial charge on any atom is 0.255 e. The van der Waals surface area contributed by atoms with Crippen molar-refractivity contribution in [2.24, 2.45) is 0 Å². The molecule has 62 heavy (non-hydrogen) atoms. The van der Waals surface area contributed by atoms with E-state index < -0.39 is 46.9 Å². The van der Waals surface area contributed by atoms with Crippen molar-refractivity contribution >= 4 is 83.3 Å². The molecular weight excluding hydrogens is 898 g/mol. The van der Waals surface area contributed by atoms with E-state index in [1.54, 1.807) is 36.5 Å². The fourth-order valence-corrected chi connectivity index (χ4v) is 10.2. The van der Waals surface area contributed by atoms with Crippen LogP contribution in [-0.2, 0) is 30.1 Å². The van der Waals surface area contributed by atoms with Crippen molar-refractivity contribution in [3.63, 3.8) is 0 Å². The van der Waals surface area contributed by atoms with E-state index in [1.165, 1.54) is 14.2 Å².